The normalized spacial score (nSPS) is 10.2. The van der Waals surface area contributed by atoms with Crippen molar-refractivity contribution in [1.82, 2.24) is 0 Å². The van der Waals surface area contributed by atoms with Gasteiger partial charge in [0.1, 0.15) is 11.3 Å². The van der Waals surface area contributed by atoms with E-state index in [1.54, 1.807) is 30.3 Å². The first kappa shape index (κ1) is 19.2. The summed E-state index contributed by atoms with van der Waals surface area (Å²) in [5, 5.41) is 12.1. The Morgan fingerprint density at radius 2 is 1.77 bits per heavy atom. The second kappa shape index (κ2) is 8.80. The number of rotatable bonds is 8. The first-order valence-electron chi connectivity index (χ1n) is 8.35. The van der Waals surface area contributed by atoms with Crippen molar-refractivity contribution in [3.8, 4) is 5.75 Å². The maximum absolute atomic E-state index is 12.8. The Bertz CT molecular complexity index is 814. The summed E-state index contributed by atoms with van der Waals surface area (Å²) in [6.45, 7) is 3.66. The number of nitrogens with one attached hydrogen (secondary N) is 1. The fraction of sp³-hybridized carbons (Fsp3) is 0.250. The van der Waals surface area contributed by atoms with Gasteiger partial charge in [-0.15, -0.1) is 0 Å². The molecule has 2 aromatic rings. The number of unbranched alkanes of at least 4 members (excludes halogenated alkanes) is 1. The number of carbonyl (C=O) groups excluding carboxylic acids is 2. The van der Waals surface area contributed by atoms with Crippen molar-refractivity contribution in [1.29, 1.82) is 0 Å². The zero-order valence-electron chi connectivity index (χ0n) is 14.7. The van der Waals surface area contributed by atoms with Gasteiger partial charge in [0.15, 0.2) is 5.78 Å². The van der Waals surface area contributed by atoms with Crippen LogP contribution in [0.1, 0.15) is 53.0 Å². The molecule has 0 saturated carbocycles. The van der Waals surface area contributed by atoms with E-state index in [1.165, 1.54) is 19.1 Å². The number of ether oxygens (including phenoxy) is 1. The number of carboxylic acid groups (broad SMARTS) is 1. The third-order valence-electron chi connectivity index (χ3n) is 3.70. The van der Waals surface area contributed by atoms with Crippen LogP contribution in [0.15, 0.2) is 42.5 Å². The summed E-state index contributed by atoms with van der Waals surface area (Å²) >= 11 is 0. The molecule has 1 amide bonds. The van der Waals surface area contributed by atoms with E-state index in [1.807, 2.05) is 6.92 Å². The van der Waals surface area contributed by atoms with Gasteiger partial charge in [-0.05, 0) is 12.5 Å². The Morgan fingerprint density at radius 3 is 2.35 bits per heavy atom. The number of hydrogen-bond donors (Lipinski definition) is 2. The molecule has 0 atom stereocenters. The van der Waals surface area contributed by atoms with Gasteiger partial charge >= 0.3 is 5.97 Å². The Balaban J connectivity index is 2.54. The summed E-state index contributed by atoms with van der Waals surface area (Å²) in [4.78, 5) is 36.0. The number of carboxylic acids is 1. The van der Waals surface area contributed by atoms with E-state index in [9.17, 15) is 19.5 Å². The van der Waals surface area contributed by atoms with E-state index >= 15 is 0 Å². The molecule has 0 aliphatic carbocycles. The lowest BCUT2D eigenvalue weighted by Crippen LogP contribution is -2.14. The molecule has 136 valence electrons. The largest absolute Gasteiger partial charge is 0.493 e. The number of amides is 1. The summed E-state index contributed by atoms with van der Waals surface area (Å²) in [5.74, 6) is -1.82. The molecule has 0 spiro atoms. The van der Waals surface area contributed by atoms with Crippen molar-refractivity contribution in [3.05, 3.63) is 59.2 Å². The molecule has 0 aliphatic heterocycles. The molecule has 0 saturated heterocycles. The zero-order chi connectivity index (χ0) is 19.1. The SMILES string of the molecule is CCCCOc1cc(NC(C)=O)c(C(=O)c2ccccc2)cc1C(=O)O. The van der Waals surface area contributed by atoms with Gasteiger partial charge in [-0.3, -0.25) is 9.59 Å². The van der Waals surface area contributed by atoms with Crippen LogP contribution < -0.4 is 10.1 Å². The highest BCUT2D eigenvalue weighted by atomic mass is 16.5. The van der Waals surface area contributed by atoms with Gasteiger partial charge in [0.05, 0.1) is 12.3 Å². The highest BCUT2D eigenvalue weighted by Gasteiger charge is 2.21. The smallest absolute Gasteiger partial charge is 0.339 e. The molecule has 0 radical (unpaired) electrons. The molecule has 0 heterocycles. The van der Waals surface area contributed by atoms with Crippen LogP contribution in [0.5, 0.6) is 5.75 Å². The minimum Gasteiger partial charge on any atom is -0.493 e. The predicted molar refractivity (Wildman–Crippen MR) is 98.0 cm³/mol. The molecular weight excluding hydrogens is 334 g/mol. The van der Waals surface area contributed by atoms with Gasteiger partial charge in [-0.2, -0.15) is 0 Å². The molecule has 0 aromatic heterocycles. The lowest BCUT2D eigenvalue weighted by molar-refractivity contribution is -0.114. The molecule has 6 heteroatoms. The third-order valence-corrected chi connectivity index (χ3v) is 3.70. The van der Waals surface area contributed by atoms with Gasteiger partial charge in [-0.25, -0.2) is 4.79 Å². The van der Waals surface area contributed by atoms with Crippen molar-refractivity contribution in [2.45, 2.75) is 26.7 Å². The van der Waals surface area contributed by atoms with E-state index in [0.717, 1.165) is 12.8 Å². The quantitative estimate of drug-likeness (QED) is 0.556. The lowest BCUT2D eigenvalue weighted by Gasteiger charge is -2.15. The average molecular weight is 355 g/mol. The molecule has 2 rings (SSSR count). The molecule has 2 aromatic carbocycles. The van der Waals surface area contributed by atoms with E-state index < -0.39 is 5.97 Å². The Hall–Kier alpha value is -3.15. The van der Waals surface area contributed by atoms with Crippen LogP contribution in [0, 0.1) is 0 Å². The van der Waals surface area contributed by atoms with Gasteiger partial charge in [-0.1, -0.05) is 43.7 Å². The van der Waals surface area contributed by atoms with Gasteiger partial charge in [0.25, 0.3) is 0 Å². The van der Waals surface area contributed by atoms with Gasteiger partial charge < -0.3 is 15.2 Å². The molecule has 0 aliphatic rings. The highest BCUT2D eigenvalue weighted by molar-refractivity contribution is 6.15. The van der Waals surface area contributed by atoms with Crippen molar-refractivity contribution in [2.75, 3.05) is 11.9 Å². The van der Waals surface area contributed by atoms with Crippen molar-refractivity contribution in [2.24, 2.45) is 0 Å². The molecule has 2 N–H and O–H groups in total. The number of anilines is 1. The van der Waals surface area contributed by atoms with Crippen LogP contribution >= 0.6 is 0 Å². The highest BCUT2D eigenvalue weighted by Crippen LogP contribution is 2.30. The second-order valence-corrected chi connectivity index (χ2v) is 5.78. The van der Waals surface area contributed by atoms with Crippen LogP contribution in [0.25, 0.3) is 0 Å². The van der Waals surface area contributed by atoms with Crippen molar-refractivity contribution >= 4 is 23.3 Å². The second-order valence-electron chi connectivity index (χ2n) is 5.78. The molecule has 26 heavy (non-hydrogen) atoms. The molecular formula is C20H21NO5. The van der Waals surface area contributed by atoms with Gasteiger partial charge in [0.2, 0.25) is 5.91 Å². The predicted octanol–water partition coefficient (Wildman–Crippen LogP) is 3.75. The van der Waals surface area contributed by atoms with Gasteiger partial charge in [0, 0.05) is 24.1 Å². The Labute approximate surface area is 151 Å². The molecule has 0 unspecified atom stereocenters. The summed E-state index contributed by atoms with van der Waals surface area (Å²) in [6, 6.07) is 11.1. The van der Waals surface area contributed by atoms with Crippen LogP contribution in [-0.4, -0.2) is 29.4 Å². The van der Waals surface area contributed by atoms with E-state index in [4.69, 9.17) is 4.74 Å². The van der Waals surface area contributed by atoms with Crippen LogP contribution in [0.3, 0.4) is 0 Å². The fourth-order valence-corrected chi connectivity index (χ4v) is 2.42. The number of benzene rings is 2. The average Bonchev–Trinajstić information content (AvgIpc) is 2.61. The van der Waals surface area contributed by atoms with E-state index in [2.05, 4.69) is 5.32 Å². The first-order valence-corrected chi connectivity index (χ1v) is 8.35. The van der Waals surface area contributed by atoms with Crippen LogP contribution in [-0.2, 0) is 4.79 Å². The summed E-state index contributed by atoms with van der Waals surface area (Å²) in [7, 11) is 0. The maximum atomic E-state index is 12.8. The van der Waals surface area contributed by atoms with Crippen LogP contribution in [0.4, 0.5) is 5.69 Å². The molecule has 0 bridgehead atoms. The van der Waals surface area contributed by atoms with Crippen molar-refractivity contribution < 1.29 is 24.2 Å². The number of ketones is 1. The summed E-state index contributed by atoms with van der Waals surface area (Å²) in [5.41, 5.74) is 0.610. The third kappa shape index (κ3) is 4.69. The topological polar surface area (TPSA) is 92.7 Å². The van der Waals surface area contributed by atoms with E-state index in [-0.39, 0.29) is 34.3 Å². The van der Waals surface area contributed by atoms with Crippen LogP contribution in [0.2, 0.25) is 0 Å². The maximum Gasteiger partial charge on any atom is 0.339 e. The molecule has 0 fully saturated rings. The summed E-state index contributed by atoms with van der Waals surface area (Å²) in [6.07, 6.45) is 1.66. The Kier molecular flexibility index (Phi) is 6.49. The first-order chi connectivity index (χ1) is 12.4. The standard InChI is InChI=1S/C20H21NO5/c1-3-4-10-26-18-12-17(21-13(2)22)15(11-16(18)20(24)25)19(23)14-8-6-5-7-9-14/h5-9,11-12H,3-4,10H2,1-2H3,(H,21,22)(H,24,25). The minimum atomic E-state index is -1.20. The molecule has 6 nitrogen and oxygen atoms in total. The number of carbonyl (C=O) groups is 3. The number of aromatic carboxylic acids is 1. The lowest BCUT2D eigenvalue weighted by atomic mass is 9.98. The monoisotopic (exact) mass is 355 g/mol. The Morgan fingerprint density at radius 1 is 1.08 bits per heavy atom. The van der Waals surface area contributed by atoms with E-state index in [0.29, 0.717) is 12.2 Å². The number of hydrogen-bond acceptors (Lipinski definition) is 4. The zero-order valence-corrected chi connectivity index (χ0v) is 14.7. The summed E-state index contributed by atoms with van der Waals surface area (Å²) < 4.78 is 5.56. The minimum absolute atomic E-state index is 0.103. The van der Waals surface area contributed by atoms with Crippen molar-refractivity contribution in [3.63, 3.8) is 0 Å². The fourth-order valence-electron chi connectivity index (χ4n) is 2.42.